The van der Waals surface area contributed by atoms with Gasteiger partial charge in [0.2, 0.25) is 0 Å². The highest BCUT2D eigenvalue weighted by Crippen LogP contribution is 1.99. The molecule has 0 rings (SSSR count). The van der Waals surface area contributed by atoms with E-state index in [2.05, 4.69) is 12.6 Å². The Labute approximate surface area is 66.0 Å². The number of carbonyl (C=O) groups is 1. The van der Waals surface area contributed by atoms with Crippen molar-refractivity contribution in [1.82, 2.24) is 0 Å². The monoisotopic (exact) mass is 163 g/mol. The lowest BCUT2D eigenvalue weighted by atomic mass is 10.1. The van der Waals surface area contributed by atoms with Crippen LogP contribution in [0.25, 0.3) is 0 Å². The first kappa shape index (κ1) is 9.78. The van der Waals surface area contributed by atoms with Gasteiger partial charge >= 0.3 is 5.97 Å². The first-order chi connectivity index (χ1) is 4.68. The molecule has 0 unspecified atom stereocenters. The van der Waals surface area contributed by atoms with Crippen LogP contribution in [0, 0.1) is 0 Å². The molecule has 0 aromatic rings. The molecule has 0 aliphatic heterocycles. The van der Waals surface area contributed by atoms with Crippen LogP contribution in [-0.2, 0) is 4.79 Å². The van der Waals surface area contributed by atoms with Crippen LogP contribution < -0.4 is 5.73 Å². The molecule has 3 nitrogen and oxygen atoms in total. The van der Waals surface area contributed by atoms with Crippen molar-refractivity contribution in [2.24, 2.45) is 5.73 Å². The van der Waals surface area contributed by atoms with Crippen molar-refractivity contribution in [3.63, 3.8) is 0 Å². The number of carboxylic acid groups (broad SMARTS) is 1. The number of thiol groups is 1. The number of unbranched alkanes of at least 4 members (excludes halogenated alkanes) is 1. The van der Waals surface area contributed by atoms with Crippen LogP contribution in [-0.4, -0.2) is 22.9 Å². The highest BCUT2D eigenvalue weighted by molar-refractivity contribution is 7.80. The van der Waals surface area contributed by atoms with Gasteiger partial charge in [-0.15, -0.1) is 0 Å². The summed E-state index contributed by atoms with van der Waals surface area (Å²) in [5.74, 6) is -0.119. The van der Waals surface area contributed by atoms with Gasteiger partial charge in [-0.2, -0.15) is 12.6 Å². The van der Waals surface area contributed by atoms with E-state index in [-0.39, 0.29) is 0 Å². The third-order valence-corrected chi connectivity index (χ3v) is 1.56. The Morgan fingerprint density at radius 2 is 2.20 bits per heavy atom. The van der Waals surface area contributed by atoms with Crippen LogP contribution in [0.5, 0.6) is 0 Å². The summed E-state index contributed by atoms with van der Waals surface area (Å²) in [7, 11) is 0. The Balaban J connectivity index is 3.21. The second kappa shape index (κ2) is 5.56. The summed E-state index contributed by atoms with van der Waals surface area (Å²) in [4.78, 5) is 10.1. The number of rotatable bonds is 5. The molecule has 3 N–H and O–H groups in total. The van der Waals surface area contributed by atoms with E-state index >= 15 is 0 Å². The summed E-state index contributed by atoms with van der Waals surface area (Å²) < 4.78 is 0. The quantitative estimate of drug-likeness (QED) is 0.408. The van der Waals surface area contributed by atoms with E-state index in [0.717, 1.165) is 18.6 Å². The first-order valence-corrected chi connectivity index (χ1v) is 3.91. The van der Waals surface area contributed by atoms with Gasteiger partial charge in [0.05, 0.1) is 0 Å². The minimum absolute atomic E-state index is 0.551. The topological polar surface area (TPSA) is 63.3 Å². The molecule has 0 heterocycles. The predicted molar refractivity (Wildman–Crippen MR) is 43.3 cm³/mol. The van der Waals surface area contributed by atoms with Crippen molar-refractivity contribution < 1.29 is 9.90 Å². The lowest BCUT2D eigenvalue weighted by Crippen LogP contribution is -2.29. The number of hydrogen-bond donors (Lipinski definition) is 3. The average Bonchev–Trinajstić information content (AvgIpc) is 1.88. The zero-order chi connectivity index (χ0) is 7.98. The minimum Gasteiger partial charge on any atom is -0.480 e. The van der Waals surface area contributed by atoms with E-state index in [9.17, 15) is 4.79 Å². The third kappa shape index (κ3) is 4.64. The molecular weight excluding hydrogens is 150 g/mol. The molecule has 10 heavy (non-hydrogen) atoms. The molecular formula is C6H13NO2S. The van der Waals surface area contributed by atoms with Gasteiger partial charge in [-0.3, -0.25) is 4.79 Å². The largest absolute Gasteiger partial charge is 0.480 e. The number of hydrogen-bond acceptors (Lipinski definition) is 3. The van der Waals surface area contributed by atoms with E-state index in [0.29, 0.717) is 6.42 Å². The van der Waals surface area contributed by atoms with Gasteiger partial charge in [0.15, 0.2) is 0 Å². The normalized spacial score (nSPS) is 13.0. The van der Waals surface area contributed by atoms with E-state index in [1.54, 1.807) is 0 Å². The molecule has 0 radical (unpaired) electrons. The molecule has 0 bridgehead atoms. The zero-order valence-electron chi connectivity index (χ0n) is 5.79. The molecule has 1 atom stereocenters. The fourth-order valence-corrected chi connectivity index (χ4v) is 0.823. The van der Waals surface area contributed by atoms with Crippen LogP contribution in [0.2, 0.25) is 0 Å². The maximum absolute atomic E-state index is 10.1. The molecule has 0 aliphatic rings. The van der Waals surface area contributed by atoms with Crippen molar-refractivity contribution in [3.05, 3.63) is 0 Å². The Hall–Kier alpha value is -0.220. The van der Waals surface area contributed by atoms with Gasteiger partial charge in [0.25, 0.3) is 0 Å². The van der Waals surface area contributed by atoms with Crippen LogP contribution >= 0.6 is 12.6 Å². The first-order valence-electron chi connectivity index (χ1n) is 3.27. The predicted octanol–water partition coefficient (Wildman–Crippen LogP) is 0.498. The molecule has 60 valence electrons. The van der Waals surface area contributed by atoms with Gasteiger partial charge in [-0.05, 0) is 18.6 Å². The standard InChI is InChI=1S/C6H13NO2S/c7-5(6(8)9)3-1-2-4-10/h5,10H,1-4,7H2,(H,8,9)/t5-/m0/s1. The molecule has 0 fully saturated rings. The Bertz CT molecular complexity index is 108. The molecule has 0 aromatic carbocycles. The van der Waals surface area contributed by atoms with Crippen molar-refractivity contribution in [2.45, 2.75) is 25.3 Å². The Morgan fingerprint density at radius 1 is 1.60 bits per heavy atom. The number of aliphatic carboxylic acids is 1. The maximum Gasteiger partial charge on any atom is 0.320 e. The Morgan fingerprint density at radius 3 is 2.60 bits per heavy atom. The van der Waals surface area contributed by atoms with Crippen LogP contribution in [0.3, 0.4) is 0 Å². The molecule has 0 spiro atoms. The van der Waals surface area contributed by atoms with Gasteiger partial charge in [-0.25, -0.2) is 0 Å². The number of carboxylic acids is 1. The summed E-state index contributed by atoms with van der Waals surface area (Å²) in [6.07, 6.45) is 2.33. The van der Waals surface area contributed by atoms with Crippen LogP contribution in [0.15, 0.2) is 0 Å². The van der Waals surface area contributed by atoms with E-state index < -0.39 is 12.0 Å². The summed E-state index contributed by atoms with van der Waals surface area (Å²) in [6, 6.07) is -0.695. The van der Waals surface area contributed by atoms with Gasteiger partial charge in [0.1, 0.15) is 6.04 Å². The lowest BCUT2D eigenvalue weighted by Gasteiger charge is -2.03. The molecule has 0 saturated carbocycles. The highest BCUT2D eigenvalue weighted by atomic mass is 32.1. The summed E-state index contributed by atoms with van der Waals surface area (Å²) in [5, 5.41) is 8.34. The maximum atomic E-state index is 10.1. The van der Waals surface area contributed by atoms with Gasteiger partial charge < -0.3 is 10.8 Å². The Kier molecular flexibility index (Phi) is 5.43. The molecule has 0 aromatic heterocycles. The zero-order valence-corrected chi connectivity index (χ0v) is 6.68. The highest BCUT2D eigenvalue weighted by Gasteiger charge is 2.09. The van der Waals surface area contributed by atoms with Gasteiger partial charge in [0, 0.05) is 0 Å². The van der Waals surface area contributed by atoms with E-state index in [4.69, 9.17) is 10.8 Å². The van der Waals surface area contributed by atoms with Crippen molar-refractivity contribution >= 4 is 18.6 Å². The lowest BCUT2D eigenvalue weighted by molar-refractivity contribution is -0.138. The van der Waals surface area contributed by atoms with Crippen molar-refractivity contribution in [3.8, 4) is 0 Å². The fourth-order valence-electron chi connectivity index (χ4n) is 0.600. The second-order valence-electron chi connectivity index (χ2n) is 2.16. The molecule has 0 aliphatic carbocycles. The summed E-state index contributed by atoms with van der Waals surface area (Å²) in [5.41, 5.74) is 5.23. The van der Waals surface area contributed by atoms with Crippen LogP contribution in [0.4, 0.5) is 0 Å². The molecule has 0 amide bonds. The van der Waals surface area contributed by atoms with E-state index in [1.165, 1.54) is 0 Å². The smallest absolute Gasteiger partial charge is 0.320 e. The fraction of sp³-hybridized carbons (Fsp3) is 0.833. The van der Waals surface area contributed by atoms with Crippen molar-refractivity contribution in [2.75, 3.05) is 5.75 Å². The summed E-state index contributed by atoms with van der Waals surface area (Å²) >= 11 is 3.99. The SMILES string of the molecule is N[C@@H](CCCCS)C(=O)O. The molecule has 0 saturated heterocycles. The number of nitrogens with two attached hydrogens (primary N) is 1. The van der Waals surface area contributed by atoms with Gasteiger partial charge in [-0.1, -0.05) is 6.42 Å². The van der Waals surface area contributed by atoms with Crippen LogP contribution in [0.1, 0.15) is 19.3 Å². The minimum atomic E-state index is -0.917. The van der Waals surface area contributed by atoms with Crippen molar-refractivity contribution in [1.29, 1.82) is 0 Å². The summed E-state index contributed by atoms with van der Waals surface area (Å²) in [6.45, 7) is 0. The second-order valence-corrected chi connectivity index (χ2v) is 2.61. The average molecular weight is 163 g/mol. The third-order valence-electron chi connectivity index (χ3n) is 1.24. The van der Waals surface area contributed by atoms with E-state index in [1.807, 2.05) is 0 Å². The molecule has 4 heteroatoms.